The van der Waals surface area contributed by atoms with Crippen LogP contribution in [0.5, 0.6) is 17.2 Å². The number of fused-ring (bicyclic) bond motifs is 3. The smallest absolute Gasteiger partial charge is 0.337 e. The number of carbonyl (C=O) groups excluding carboxylic acids is 1. The van der Waals surface area contributed by atoms with Crippen molar-refractivity contribution in [1.29, 1.82) is 0 Å². The van der Waals surface area contributed by atoms with Crippen molar-refractivity contribution < 1.29 is 23.7 Å². The SMILES string of the molecule is COC(=O)c1ccc([C@H]2Oc3ccc(OC)cc3[C@@H]3CC(c4ccc(OC)cc4)=NN23)cc1. The third-order valence-electron chi connectivity index (χ3n) is 6.04. The summed E-state index contributed by atoms with van der Waals surface area (Å²) in [7, 11) is 4.68. The minimum Gasteiger partial charge on any atom is -0.497 e. The number of nitrogens with zero attached hydrogens (tertiary/aromatic N) is 2. The van der Waals surface area contributed by atoms with Gasteiger partial charge in [-0.2, -0.15) is 5.10 Å². The van der Waals surface area contributed by atoms with Crippen LogP contribution in [0.1, 0.15) is 45.7 Å². The van der Waals surface area contributed by atoms with Gasteiger partial charge in [0.1, 0.15) is 17.2 Å². The van der Waals surface area contributed by atoms with Gasteiger partial charge >= 0.3 is 5.97 Å². The first-order chi connectivity index (χ1) is 16.1. The van der Waals surface area contributed by atoms with Gasteiger partial charge in [-0.1, -0.05) is 12.1 Å². The minimum absolute atomic E-state index is 0.00812. The molecule has 0 N–H and O–H groups in total. The second-order valence-electron chi connectivity index (χ2n) is 7.86. The van der Waals surface area contributed by atoms with Gasteiger partial charge in [0, 0.05) is 17.5 Å². The standard InChI is InChI=1S/C26H24N2O5/c1-30-19-10-8-16(9-11-19)22-15-23-21-14-20(31-2)12-13-24(21)33-25(28(23)27-22)17-4-6-18(7-5-17)26(29)32-3/h4-14,23,25H,15H2,1-3H3/t23-,25+/m0/s1. The molecule has 0 aromatic heterocycles. The Kier molecular flexibility index (Phi) is 5.38. The van der Waals surface area contributed by atoms with E-state index in [9.17, 15) is 4.79 Å². The van der Waals surface area contributed by atoms with E-state index in [0.717, 1.165) is 46.1 Å². The summed E-state index contributed by atoms with van der Waals surface area (Å²) >= 11 is 0. The molecule has 2 aliphatic heterocycles. The molecule has 2 aliphatic rings. The molecule has 0 unspecified atom stereocenters. The van der Waals surface area contributed by atoms with E-state index in [-0.39, 0.29) is 12.0 Å². The number of methoxy groups -OCH3 is 3. The normalized spacial score (nSPS) is 18.5. The van der Waals surface area contributed by atoms with Crippen LogP contribution in [0.3, 0.4) is 0 Å². The average molecular weight is 444 g/mol. The van der Waals surface area contributed by atoms with Gasteiger partial charge < -0.3 is 18.9 Å². The minimum atomic E-state index is -0.432. The highest BCUT2D eigenvalue weighted by Gasteiger charge is 2.41. The van der Waals surface area contributed by atoms with Crippen LogP contribution in [0.2, 0.25) is 0 Å². The van der Waals surface area contributed by atoms with Crippen LogP contribution >= 0.6 is 0 Å². The maximum absolute atomic E-state index is 11.8. The molecule has 0 amide bonds. The maximum Gasteiger partial charge on any atom is 0.337 e. The number of benzene rings is 3. The first-order valence-electron chi connectivity index (χ1n) is 10.6. The molecule has 3 aromatic rings. The molecule has 2 heterocycles. The van der Waals surface area contributed by atoms with Crippen molar-refractivity contribution in [2.45, 2.75) is 18.7 Å². The van der Waals surface area contributed by atoms with Crippen LogP contribution < -0.4 is 14.2 Å². The second-order valence-corrected chi connectivity index (χ2v) is 7.86. The third kappa shape index (κ3) is 3.75. The number of hydrogen-bond acceptors (Lipinski definition) is 7. The molecule has 0 bridgehead atoms. The van der Waals surface area contributed by atoms with Crippen molar-refractivity contribution in [3.63, 3.8) is 0 Å². The van der Waals surface area contributed by atoms with E-state index < -0.39 is 6.23 Å². The number of esters is 1. The molecule has 0 saturated heterocycles. The van der Waals surface area contributed by atoms with E-state index in [4.69, 9.17) is 24.0 Å². The van der Waals surface area contributed by atoms with Gasteiger partial charge in [0.15, 0.2) is 0 Å². The quantitative estimate of drug-likeness (QED) is 0.530. The molecule has 0 saturated carbocycles. The van der Waals surface area contributed by atoms with Crippen molar-refractivity contribution in [2.75, 3.05) is 21.3 Å². The molecule has 3 aromatic carbocycles. The summed E-state index contributed by atoms with van der Waals surface area (Å²) in [5, 5.41) is 6.97. The fourth-order valence-electron chi connectivity index (χ4n) is 4.27. The van der Waals surface area contributed by atoms with Gasteiger partial charge in [0.2, 0.25) is 6.23 Å². The van der Waals surface area contributed by atoms with E-state index in [1.807, 2.05) is 59.6 Å². The van der Waals surface area contributed by atoms with Crippen molar-refractivity contribution >= 4 is 11.7 Å². The Morgan fingerprint density at radius 3 is 2.30 bits per heavy atom. The number of rotatable bonds is 5. The number of hydrazone groups is 1. The highest BCUT2D eigenvalue weighted by molar-refractivity contribution is 6.02. The van der Waals surface area contributed by atoms with Gasteiger partial charge in [-0.3, -0.25) is 0 Å². The summed E-state index contributed by atoms with van der Waals surface area (Å²) in [6, 6.07) is 21.0. The predicted molar refractivity (Wildman–Crippen MR) is 123 cm³/mol. The van der Waals surface area contributed by atoms with Crippen LogP contribution in [0, 0.1) is 0 Å². The Morgan fingerprint density at radius 1 is 0.939 bits per heavy atom. The number of carbonyl (C=O) groups is 1. The Balaban J connectivity index is 1.54. The Bertz CT molecular complexity index is 1200. The van der Waals surface area contributed by atoms with Gasteiger partial charge in [0.05, 0.1) is 38.6 Å². The maximum atomic E-state index is 11.8. The molecule has 168 valence electrons. The summed E-state index contributed by atoms with van der Waals surface area (Å²) in [5.41, 5.74) is 4.42. The van der Waals surface area contributed by atoms with Crippen LogP contribution in [0.25, 0.3) is 0 Å². The fraction of sp³-hybridized carbons (Fsp3) is 0.231. The first kappa shape index (κ1) is 20.9. The number of ether oxygens (including phenoxy) is 4. The summed E-state index contributed by atoms with van der Waals surface area (Å²) in [6.07, 6.45) is 0.297. The monoisotopic (exact) mass is 444 g/mol. The lowest BCUT2D eigenvalue weighted by Crippen LogP contribution is -2.33. The summed E-state index contributed by atoms with van der Waals surface area (Å²) < 4.78 is 22.0. The molecule has 33 heavy (non-hydrogen) atoms. The van der Waals surface area contributed by atoms with Gasteiger partial charge in [-0.05, 0) is 60.2 Å². The Labute approximate surface area is 192 Å². The van der Waals surface area contributed by atoms with Crippen LogP contribution in [0.4, 0.5) is 0 Å². The number of hydrogen-bond donors (Lipinski definition) is 0. The zero-order chi connectivity index (χ0) is 22.9. The highest BCUT2D eigenvalue weighted by Crippen LogP contribution is 2.48. The lowest BCUT2D eigenvalue weighted by Gasteiger charge is -2.38. The Hall–Kier alpha value is -4.00. The van der Waals surface area contributed by atoms with Crippen LogP contribution in [0.15, 0.2) is 71.8 Å². The van der Waals surface area contributed by atoms with E-state index in [0.29, 0.717) is 5.56 Å². The zero-order valence-corrected chi connectivity index (χ0v) is 18.6. The first-order valence-corrected chi connectivity index (χ1v) is 10.6. The molecule has 0 fully saturated rings. The van der Waals surface area contributed by atoms with Gasteiger partial charge in [-0.15, -0.1) is 0 Å². The van der Waals surface area contributed by atoms with Gasteiger partial charge in [-0.25, -0.2) is 9.80 Å². The molecule has 0 aliphatic carbocycles. The molecule has 7 nitrogen and oxygen atoms in total. The molecule has 7 heteroatoms. The molecular formula is C26H24N2O5. The van der Waals surface area contributed by atoms with Gasteiger partial charge in [0.25, 0.3) is 0 Å². The lowest BCUT2D eigenvalue weighted by atomic mass is 9.95. The van der Waals surface area contributed by atoms with E-state index in [1.54, 1.807) is 26.4 Å². The molecule has 2 atom stereocenters. The summed E-state index contributed by atoms with van der Waals surface area (Å²) in [5.74, 6) is 2.00. The van der Waals surface area contributed by atoms with E-state index in [1.165, 1.54) is 7.11 Å². The largest absolute Gasteiger partial charge is 0.497 e. The third-order valence-corrected chi connectivity index (χ3v) is 6.04. The van der Waals surface area contributed by atoms with E-state index in [2.05, 4.69) is 0 Å². The molecule has 0 radical (unpaired) electrons. The molecule has 0 spiro atoms. The predicted octanol–water partition coefficient (Wildman–Crippen LogP) is 4.73. The van der Waals surface area contributed by atoms with Crippen LogP contribution in [-0.2, 0) is 4.74 Å². The van der Waals surface area contributed by atoms with Crippen molar-refractivity contribution in [2.24, 2.45) is 5.10 Å². The Morgan fingerprint density at radius 2 is 1.64 bits per heavy atom. The topological polar surface area (TPSA) is 69.6 Å². The van der Waals surface area contributed by atoms with Crippen molar-refractivity contribution in [3.8, 4) is 17.2 Å². The fourth-order valence-corrected chi connectivity index (χ4v) is 4.27. The second kappa shape index (κ2) is 8.50. The average Bonchev–Trinajstić information content (AvgIpc) is 3.33. The zero-order valence-electron chi connectivity index (χ0n) is 18.6. The van der Waals surface area contributed by atoms with E-state index >= 15 is 0 Å². The van der Waals surface area contributed by atoms with Crippen molar-refractivity contribution in [1.82, 2.24) is 5.01 Å². The molecular weight excluding hydrogens is 420 g/mol. The highest BCUT2D eigenvalue weighted by atomic mass is 16.5. The lowest BCUT2D eigenvalue weighted by molar-refractivity contribution is -0.0191. The summed E-state index contributed by atoms with van der Waals surface area (Å²) in [4.78, 5) is 11.8. The van der Waals surface area contributed by atoms with Crippen LogP contribution in [-0.4, -0.2) is 38.0 Å². The summed E-state index contributed by atoms with van der Waals surface area (Å²) in [6.45, 7) is 0. The molecule has 5 rings (SSSR count). The van der Waals surface area contributed by atoms with Crippen molar-refractivity contribution in [3.05, 3.63) is 89.0 Å².